The smallest absolute Gasteiger partial charge is 0.328 e. The molecule has 0 amide bonds. The lowest BCUT2D eigenvalue weighted by atomic mass is 9.70. The minimum absolute atomic E-state index is 0.154. The van der Waals surface area contributed by atoms with Gasteiger partial charge in [0.25, 0.3) is 0 Å². The van der Waals surface area contributed by atoms with Crippen LogP contribution in [0, 0.1) is 33.5 Å². The van der Waals surface area contributed by atoms with E-state index in [-0.39, 0.29) is 23.0 Å². The third-order valence-electron chi connectivity index (χ3n) is 9.86. The van der Waals surface area contributed by atoms with Crippen LogP contribution in [0.1, 0.15) is 80.1 Å². The van der Waals surface area contributed by atoms with E-state index in [4.69, 9.17) is 9.05 Å². The Morgan fingerprint density at radius 1 is 0.750 bits per heavy atom. The highest BCUT2D eigenvalue weighted by atomic mass is 31.2. The molecule has 0 saturated heterocycles. The molecule has 4 bridgehead atoms. The lowest BCUT2D eigenvalue weighted by molar-refractivity contribution is -0.0152. The molecule has 138 valence electrons. The molecule has 0 radical (unpaired) electrons. The summed E-state index contributed by atoms with van der Waals surface area (Å²) < 4.78 is 12.3. The monoisotopic (exact) mass is 354 g/mol. The van der Waals surface area contributed by atoms with Gasteiger partial charge in [0.05, 0.1) is 12.2 Å². The molecule has 4 fully saturated rings. The van der Waals surface area contributed by atoms with Gasteiger partial charge in [0.2, 0.25) is 0 Å². The summed E-state index contributed by atoms with van der Waals surface area (Å²) in [4.78, 5) is 10.6. The van der Waals surface area contributed by atoms with E-state index in [0.29, 0.717) is 10.8 Å². The summed E-state index contributed by atoms with van der Waals surface area (Å²) in [6.45, 7) is 14.2. The van der Waals surface area contributed by atoms with Gasteiger partial charge >= 0.3 is 8.60 Å². The van der Waals surface area contributed by atoms with Crippen molar-refractivity contribution in [2.75, 3.05) is 0 Å². The molecule has 4 aliphatic rings. The van der Waals surface area contributed by atoms with Crippen molar-refractivity contribution in [3.63, 3.8) is 0 Å². The first kappa shape index (κ1) is 17.7. The highest BCUT2D eigenvalue weighted by Gasteiger charge is 2.64. The van der Waals surface area contributed by atoms with Crippen molar-refractivity contribution >= 4 is 8.60 Å². The van der Waals surface area contributed by atoms with Crippen LogP contribution in [0.25, 0.3) is 0 Å². The van der Waals surface area contributed by atoms with Gasteiger partial charge in [-0.25, -0.2) is 0 Å². The van der Waals surface area contributed by atoms with Crippen molar-refractivity contribution in [2.24, 2.45) is 33.5 Å². The van der Waals surface area contributed by atoms with Crippen molar-refractivity contribution in [3.8, 4) is 0 Å². The predicted octanol–water partition coefficient (Wildman–Crippen LogP) is 5.67. The van der Waals surface area contributed by atoms with Crippen molar-refractivity contribution in [1.29, 1.82) is 0 Å². The second kappa shape index (κ2) is 5.18. The molecule has 4 saturated carbocycles. The predicted molar refractivity (Wildman–Crippen MR) is 97.3 cm³/mol. The van der Waals surface area contributed by atoms with Gasteiger partial charge in [0.15, 0.2) is 0 Å². The lowest BCUT2D eigenvalue weighted by Crippen LogP contribution is -2.38. The summed E-state index contributed by atoms with van der Waals surface area (Å²) in [5.41, 5.74) is 0.993. The third-order valence-corrected chi connectivity index (χ3v) is 10.7. The average molecular weight is 354 g/mol. The average Bonchev–Trinajstić information content (AvgIpc) is 2.99. The zero-order valence-corrected chi connectivity index (χ0v) is 17.2. The number of hydrogen-bond donors (Lipinski definition) is 1. The molecule has 1 N–H and O–H groups in total. The summed E-state index contributed by atoms with van der Waals surface area (Å²) in [6, 6.07) is 0. The molecule has 0 unspecified atom stereocenters. The molecule has 0 aromatic carbocycles. The maximum absolute atomic E-state index is 10.6. The maximum Gasteiger partial charge on any atom is 0.330 e. The largest absolute Gasteiger partial charge is 0.330 e. The molecule has 0 aliphatic heterocycles. The Hall–Kier alpha value is 0.310. The molecule has 4 aliphatic carbocycles. The highest BCUT2D eigenvalue weighted by Crippen LogP contribution is 2.70. The van der Waals surface area contributed by atoms with Crippen LogP contribution in [-0.4, -0.2) is 17.1 Å². The van der Waals surface area contributed by atoms with Crippen molar-refractivity contribution < 1.29 is 13.9 Å². The van der Waals surface area contributed by atoms with E-state index in [1.165, 1.54) is 25.7 Å². The number of rotatable bonds is 4. The fourth-order valence-electron chi connectivity index (χ4n) is 6.82. The van der Waals surface area contributed by atoms with E-state index in [0.717, 1.165) is 24.7 Å². The van der Waals surface area contributed by atoms with Gasteiger partial charge in [0.1, 0.15) is 0 Å². The third kappa shape index (κ3) is 2.05. The molecule has 24 heavy (non-hydrogen) atoms. The van der Waals surface area contributed by atoms with Gasteiger partial charge in [-0.15, -0.1) is 0 Å². The number of hydrogen-bond acceptors (Lipinski definition) is 3. The summed E-state index contributed by atoms with van der Waals surface area (Å²) in [5, 5.41) is 0. The summed E-state index contributed by atoms with van der Waals surface area (Å²) in [7, 11) is -1.77. The Kier molecular flexibility index (Phi) is 3.83. The number of fused-ring (bicyclic) bond motifs is 4. The van der Waals surface area contributed by atoms with Gasteiger partial charge in [-0.05, 0) is 72.0 Å². The molecule has 6 atom stereocenters. The SMILES string of the molecule is CC1(C)[C@H]2CC[C@]1(C)[C@H](OP(O)O[C@@H]1C[C@@H]3CC[C@@]1(C)C3(C)C)C2. The Balaban J connectivity index is 1.42. The van der Waals surface area contributed by atoms with E-state index < -0.39 is 8.60 Å². The van der Waals surface area contributed by atoms with Crippen LogP contribution in [0.2, 0.25) is 0 Å². The second-order valence-electron chi connectivity index (χ2n) is 10.6. The van der Waals surface area contributed by atoms with E-state index >= 15 is 0 Å². The zero-order chi connectivity index (χ0) is 17.5. The van der Waals surface area contributed by atoms with Crippen LogP contribution in [0.5, 0.6) is 0 Å². The first-order valence-corrected chi connectivity index (χ1v) is 11.0. The quantitative estimate of drug-likeness (QED) is 0.661. The van der Waals surface area contributed by atoms with Crippen molar-refractivity contribution in [3.05, 3.63) is 0 Å². The molecule has 4 heteroatoms. The van der Waals surface area contributed by atoms with E-state index in [1.807, 2.05) is 0 Å². The fourth-order valence-corrected chi connectivity index (χ4v) is 7.94. The summed E-state index contributed by atoms with van der Waals surface area (Å²) in [6.07, 6.45) is 7.53. The molecule has 4 rings (SSSR count). The first-order valence-electron chi connectivity index (χ1n) is 9.85. The van der Waals surface area contributed by atoms with Gasteiger partial charge in [-0.3, -0.25) is 0 Å². The van der Waals surface area contributed by atoms with Gasteiger partial charge in [0, 0.05) is 0 Å². The van der Waals surface area contributed by atoms with E-state index in [2.05, 4.69) is 41.5 Å². The molecule has 0 aromatic rings. The molecule has 0 aromatic heterocycles. The van der Waals surface area contributed by atoms with Gasteiger partial charge in [-0.2, -0.15) is 0 Å². The molecule has 3 nitrogen and oxygen atoms in total. The lowest BCUT2D eigenvalue weighted by Gasteiger charge is -2.41. The topological polar surface area (TPSA) is 38.7 Å². The summed E-state index contributed by atoms with van der Waals surface area (Å²) in [5.74, 6) is 1.46. The summed E-state index contributed by atoms with van der Waals surface area (Å²) >= 11 is 0. The maximum atomic E-state index is 10.6. The molecular weight excluding hydrogens is 319 g/mol. The molecule has 0 spiro atoms. The van der Waals surface area contributed by atoms with E-state index in [1.54, 1.807) is 0 Å². The second-order valence-corrected chi connectivity index (χ2v) is 11.5. The standard InChI is InChI=1S/C20H35O3P/c1-17(2)13-7-9-19(17,5)15(11-13)22-24(21)23-16-12-14-8-10-20(16,6)18(14,3)4/h13-16,21H,7-12H2,1-6H3/t13-,14-,15+,16+,19+,20+/m0/s1. The van der Waals surface area contributed by atoms with Gasteiger partial charge < -0.3 is 13.9 Å². The van der Waals surface area contributed by atoms with E-state index in [9.17, 15) is 4.89 Å². The Labute approximate surface area is 148 Å². The van der Waals surface area contributed by atoms with Crippen LogP contribution in [0.15, 0.2) is 0 Å². The van der Waals surface area contributed by atoms with Gasteiger partial charge in [-0.1, -0.05) is 41.5 Å². The van der Waals surface area contributed by atoms with Crippen LogP contribution in [-0.2, 0) is 9.05 Å². The Bertz CT molecular complexity index is 487. The molecular formula is C20H35O3P. The zero-order valence-electron chi connectivity index (χ0n) is 16.3. The van der Waals surface area contributed by atoms with Crippen molar-refractivity contribution in [2.45, 2.75) is 92.3 Å². The normalized spacial score (nSPS) is 51.0. The Morgan fingerprint density at radius 3 is 1.38 bits per heavy atom. The Morgan fingerprint density at radius 2 is 1.12 bits per heavy atom. The van der Waals surface area contributed by atoms with Crippen LogP contribution in [0.3, 0.4) is 0 Å². The van der Waals surface area contributed by atoms with Crippen LogP contribution >= 0.6 is 8.60 Å². The minimum Gasteiger partial charge on any atom is -0.328 e. The van der Waals surface area contributed by atoms with Crippen LogP contribution in [0.4, 0.5) is 0 Å². The first-order chi connectivity index (χ1) is 11.0. The minimum atomic E-state index is -1.77. The fraction of sp³-hybridized carbons (Fsp3) is 1.00. The highest BCUT2D eigenvalue weighted by molar-refractivity contribution is 7.40. The molecule has 0 heterocycles. The van der Waals surface area contributed by atoms with Crippen LogP contribution < -0.4 is 0 Å². The van der Waals surface area contributed by atoms with Crippen molar-refractivity contribution in [1.82, 2.24) is 0 Å².